The fourth-order valence-corrected chi connectivity index (χ4v) is 2.95. The summed E-state index contributed by atoms with van der Waals surface area (Å²) in [6.45, 7) is 5.76. The molecule has 1 rings (SSSR count). The molecule has 6 heteroatoms. The number of likely N-dealkylation sites (N-methyl/N-ethyl adjacent to an activating group) is 1. The van der Waals surface area contributed by atoms with Crippen LogP contribution in [0, 0.1) is 0 Å². The third-order valence-corrected chi connectivity index (χ3v) is 4.14. The second-order valence-corrected chi connectivity index (χ2v) is 5.91. The predicted molar refractivity (Wildman–Crippen MR) is 83.7 cm³/mol. The third kappa shape index (κ3) is 7.36. The van der Waals surface area contributed by atoms with E-state index in [4.69, 9.17) is 0 Å². The summed E-state index contributed by atoms with van der Waals surface area (Å²) in [4.78, 5) is 12.8. The zero-order valence-electron chi connectivity index (χ0n) is 10.7. The van der Waals surface area contributed by atoms with E-state index in [-0.39, 0.29) is 18.3 Å². The second kappa shape index (κ2) is 9.78. The number of nitrogens with one attached hydrogen (secondary N) is 2. The van der Waals surface area contributed by atoms with Crippen molar-refractivity contribution in [1.82, 2.24) is 10.6 Å². The Bertz CT molecular complexity index is 360. The van der Waals surface area contributed by atoms with E-state index in [0.717, 1.165) is 17.4 Å². The first-order valence-electron chi connectivity index (χ1n) is 5.84. The standard InChI is InChI=1S/C12H19BrN2OS.ClH/c1-3-14-9(2)7-15-12(16)5-4-11-6-10(13)8-17-11;/h6,8-9,14H,3-5,7H2,1-2H3,(H,15,16);1H/t9-;/m1./s1. The maximum atomic E-state index is 11.6. The molecular formula is C12H20BrClN2OS. The molecule has 0 bridgehead atoms. The van der Waals surface area contributed by atoms with Gasteiger partial charge in [-0.3, -0.25) is 4.79 Å². The maximum Gasteiger partial charge on any atom is 0.220 e. The Hall–Kier alpha value is -0.100. The molecule has 0 radical (unpaired) electrons. The minimum absolute atomic E-state index is 0. The Morgan fingerprint density at radius 3 is 2.83 bits per heavy atom. The van der Waals surface area contributed by atoms with Crippen molar-refractivity contribution < 1.29 is 4.79 Å². The van der Waals surface area contributed by atoms with Gasteiger partial charge in [-0.1, -0.05) is 6.92 Å². The van der Waals surface area contributed by atoms with Gasteiger partial charge in [-0.2, -0.15) is 0 Å². The Morgan fingerprint density at radius 2 is 2.28 bits per heavy atom. The molecule has 1 amide bonds. The highest BCUT2D eigenvalue weighted by Crippen LogP contribution is 2.20. The summed E-state index contributed by atoms with van der Waals surface area (Å²) in [6, 6.07) is 2.40. The minimum Gasteiger partial charge on any atom is -0.355 e. The molecule has 0 saturated heterocycles. The van der Waals surface area contributed by atoms with Crippen molar-refractivity contribution in [2.75, 3.05) is 13.1 Å². The molecule has 0 saturated carbocycles. The van der Waals surface area contributed by atoms with Gasteiger partial charge in [0.25, 0.3) is 0 Å². The number of carbonyl (C=O) groups excluding carboxylic acids is 1. The number of halogens is 2. The van der Waals surface area contributed by atoms with Crippen LogP contribution in [0.2, 0.25) is 0 Å². The average Bonchev–Trinajstić information content (AvgIpc) is 2.70. The number of thiophene rings is 1. The van der Waals surface area contributed by atoms with Gasteiger partial charge in [0.2, 0.25) is 5.91 Å². The molecular weight excluding hydrogens is 336 g/mol. The molecule has 1 heterocycles. The van der Waals surface area contributed by atoms with Crippen LogP contribution in [0.1, 0.15) is 25.1 Å². The van der Waals surface area contributed by atoms with Gasteiger partial charge in [0, 0.05) is 33.7 Å². The summed E-state index contributed by atoms with van der Waals surface area (Å²) < 4.78 is 1.10. The minimum atomic E-state index is 0. The highest BCUT2D eigenvalue weighted by molar-refractivity contribution is 9.10. The van der Waals surface area contributed by atoms with Gasteiger partial charge in [0.05, 0.1) is 0 Å². The van der Waals surface area contributed by atoms with E-state index in [1.54, 1.807) is 11.3 Å². The summed E-state index contributed by atoms with van der Waals surface area (Å²) in [5.41, 5.74) is 0. The van der Waals surface area contributed by atoms with E-state index < -0.39 is 0 Å². The Kier molecular flexibility index (Phi) is 9.73. The molecule has 0 aliphatic rings. The van der Waals surface area contributed by atoms with E-state index in [1.807, 2.05) is 5.38 Å². The second-order valence-electron chi connectivity index (χ2n) is 3.99. The van der Waals surface area contributed by atoms with Crippen LogP contribution in [-0.4, -0.2) is 25.0 Å². The highest BCUT2D eigenvalue weighted by atomic mass is 79.9. The van der Waals surface area contributed by atoms with E-state index in [9.17, 15) is 4.79 Å². The average molecular weight is 356 g/mol. The summed E-state index contributed by atoms with van der Waals surface area (Å²) in [7, 11) is 0. The zero-order valence-corrected chi connectivity index (χ0v) is 13.9. The molecule has 2 N–H and O–H groups in total. The van der Waals surface area contributed by atoms with E-state index in [2.05, 4.69) is 46.5 Å². The Balaban J connectivity index is 0.00000289. The van der Waals surface area contributed by atoms with Gasteiger partial charge in [0.1, 0.15) is 0 Å². The van der Waals surface area contributed by atoms with Crippen LogP contribution in [0.4, 0.5) is 0 Å². The maximum absolute atomic E-state index is 11.6. The summed E-state index contributed by atoms with van der Waals surface area (Å²) >= 11 is 5.09. The first-order chi connectivity index (χ1) is 8.11. The fraction of sp³-hybridized carbons (Fsp3) is 0.583. The van der Waals surface area contributed by atoms with Crippen LogP contribution in [0.25, 0.3) is 0 Å². The molecule has 104 valence electrons. The largest absolute Gasteiger partial charge is 0.355 e. The quantitative estimate of drug-likeness (QED) is 0.789. The van der Waals surface area contributed by atoms with Gasteiger partial charge in [0.15, 0.2) is 0 Å². The van der Waals surface area contributed by atoms with Gasteiger partial charge < -0.3 is 10.6 Å². The normalized spacial score (nSPS) is 11.7. The lowest BCUT2D eigenvalue weighted by Gasteiger charge is -2.12. The van der Waals surface area contributed by atoms with Crippen molar-refractivity contribution in [3.8, 4) is 0 Å². The smallest absolute Gasteiger partial charge is 0.220 e. The lowest BCUT2D eigenvalue weighted by Crippen LogP contribution is -2.38. The first kappa shape index (κ1) is 17.9. The predicted octanol–water partition coefficient (Wildman–Crippen LogP) is 2.98. The van der Waals surface area contributed by atoms with Crippen molar-refractivity contribution in [3.05, 3.63) is 20.8 Å². The number of aryl methyl sites for hydroxylation is 1. The number of amides is 1. The lowest BCUT2D eigenvalue weighted by atomic mass is 10.2. The van der Waals surface area contributed by atoms with E-state index in [0.29, 0.717) is 19.0 Å². The van der Waals surface area contributed by atoms with Gasteiger partial charge in [-0.05, 0) is 41.9 Å². The first-order valence-corrected chi connectivity index (χ1v) is 7.52. The SMILES string of the molecule is CCN[C@H](C)CNC(=O)CCc1cc(Br)cs1.Cl. The van der Waals surface area contributed by atoms with E-state index in [1.165, 1.54) is 4.88 Å². The fourth-order valence-electron chi connectivity index (χ4n) is 1.50. The lowest BCUT2D eigenvalue weighted by molar-refractivity contribution is -0.121. The Labute approximate surface area is 127 Å². The number of hydrogen-bond acceptors (Lipinski definition) is 3. The molecule has 18 heavy (non-hydrogen) atoms. The molecule has 0 fully saturated rings. The van der Waals surface area contributed by atoms with Crippen molar-refractivity contribution in [2.24, 2.45) is 0 Å². The molecule has 1 atom stereocenters. The van der Waals surface area contributed by atoms with Crippen LogP contribution in [0.5, 0.6) is 0 Å². The molecule has 0 spiro atoms. The zero-order chi connectivity index (χ0) is 12.7. The molecule has 0 aliphatic heterocycles. The molecule has 3 nitrogen and oxygen atoms in total. The van der Waals surface area contributed by atoms with Crippen molar-refractivity contribution in [2.45, 2.75) is 32.7 Å². The molecule has 0 aromatic carbocycles. The molecule has 0 unspecified atom stereocenters. The van der Waals surface area contributed by atoms with Crippen LogP contribution >= 0.6 is 39.7 Å². The van der Waals surface area contributed by atoms with E-state index >= 15 is 0 Å². The molecule has 1 aromatic heterocycles. The van der Waals surface area contributed by atoms with Crippen LogP contribution in [-0.2, 0) is 11.2 Å². The molecule has 0 aliphatic carbocycles. The van der Waals surface area contributed by atoms with Crippen molar-refractivity contribution in [3.63, 3.8) is 0 Å². The van der Waals surface area contributed by atoms with Crippen molar-refractivity contribution in [1.29, 1.82) is 0 Å². The summed E-state index contributed by atoms with van der Waals surface area (Å²) in [6.07, 6.45) is 1.38. The Morgan fingerprint density at radius 1 is 1.56 bits per heavy atom. The number of rotatable bonds is 7. The summed E-state index contributed by atoms with van der Waals surface area (Å²) in [5.74, 6) is 0.124. The van der Waals surface area contributed by atoms with Crippen LogP contribution in [0.3, 0.4) is 0 Å². The summed E-state index contributed by atoms with van der Waals surface area (Å²) in [5, 5.41) is 8.24. The van der Waals surface area contributed by atoms with Gasteiger partial charge in [-0.25, -0.2) is 0 Å². The van der Waals surface area contributed by atoms with Gasteiger partial charge in [-0.15, -0.1) is 23.7 Å². The number of carbonyl (C=O) groups is 1. The van der Waals surface area contributed by atoms with Gasteiger partial charge >= 0.3 is 0 Å². The highest BCUT2D eigenvalue weighted by Gasteiger charge is 2.05. The molecule has 1 aromatic rings. The van der Waals surface area contributed by atoms with Crippen LogP contribution < -0.4 is 10.6 Å². The van der Waals surface area contributed by atoms with Crippen molar-refractivity contribution >= 4 is 45.6 Å². The topological polar surface area (TPSA) is 41.1 Å². The number of hydrogen-bond donors (Lipinski definition) is 2. The monoisotopic (exact) mass is 354 g/mol. The van der Waals surface area contributed by atoms with Crippen LogP contribution in [0.15, 0.2) is 15.9 Å². The third-order valence-electron chi connectivity index (χ3n) is 2.38.